The van der Waals surface area contributed by atoms with Crippen LogP contribution in [0.5, 0.6) is 0 Å². The number of hydrogen-bond donors (Lipinski definition) is 6. The summed E-state index contributed by atoms with van der Waals surface area (Å²) in [7, 11) is 1.33. The van der Waals surface area contributed by atoms with E-state index in [0.29, 0.717) is 18.4 Å². The zero-order valence-corrected chi connectivity index (χ0v) is 21.4. The van der Waals surface area contributed by atoms with Crippen molar-refractivity contribution in [3.05, 3.63) is 47.4 Å². The zero-order valence-electron chi connectivity index (χ0n) is 21.4. The molecule has 9 atom stereocenters. The summed E-state index contributed by atoms with van der Waals surface area (Å²) in [6.45, 7) is 2.18. The molecule has 3 aliphatic rings. The molecule has 38 heavy (non-hydrogen) atoms. The second kappa shape index (κ2) is 11.3. The lowest BCUT2D eigenvalue weighted by atomic mass is 9.77. The number of aromatic nitrogens is 1. The lowest BCUT2D eigenvalue weighted by Gasteiger charge is -2.44. The molecule has 1 aromatic heterocycles. The minimum atomic E-state index is -1.57. The van der Waals surface area contributed by atoms with E-state index in [9.17, 15) is 25.2 Å². The Balaban J connectivity index is 1.42. The van der Waals surface area contributed by atoms with E-state index in [4.69, 9.17) is 18.9 Å². The Morgan fingerprint density at radius 2 is 1.92 bits per heavy atom. The standard InChI is InChI=1S/C27H36N2O9/c1-3-13-16(10-19-21-15(8-9-28-19)14-6-4-5-7-18(14)29-21)17(25(34)35-2)12-36-26(13)38-27-24(33)23(32)22(31)20(11-30)37-27/h4-7,12-13,16,19-20,22-24,26-33H,3,8-11H2,1-2H3/t13-,16+,19+,20-,22-,23+,24-,26+,27+/m1/s1. The topological polar surface area (TPSA) is 163 Å². The molecule has 0 radical (unpaired) electrons. The first-order valence-electron chi connectivity index (χ1n) is 13.1. The van der Waals surface area contributed by atoms with Gasteiger partial charge in [-0.1, -0.05) is 25.1 Å². The lowest BCUT2D eigenvalue weighted by Crippen LogP contribution is -2.60. The number of esters is 1. The molecule has 0 bridgehead atoms. The summed E-state index contributed by atoms with van der Waals surface area (Å²) in [5, 5.41) is 45.1. The van der Waals surface area contributed by atoms with Crippen molar-refractivity contribution in [2.75, 3.05) is 20.3 Å². The van der Waals surface area contributed by atoms with E-state index in [1.165, 1.54) is 24.3 Å². The van der Waals surface area contributed by atoms with Crippen LogP contribution in [0, 0.1) is 11.8 Å². The Kier molecular flexibility index (Phi) is 8.06. The van der Waals surface area contributed by atoms with Gasteiger partial charge < -0.3 is 49.7 Å². The number of hydrogen-bond acceptors (Lipinski definition) is 10. The fourth-order valence-corrected chi connectivity index (χ4v) is 6.01. The Labute approximate surface area is 220 Å². The number of rotatable bonds is 7. The van der Waals surface area contributed by atoms with Crippen molar-refractivity contribution >= 4 is 16.9 Å². The van der Waals surface area contributed by atoms with Gasteiger partial charge in [-0.3, -0.25) is 0 Å². The molecule has 3 aliphatic heterocycles. The Hall–Kier alpha value is -2.51. The van der Waals surface area contributed by atoms with Crippen LogP contribution in [0.1, 0.15) is 37.1 Å². The van der Waals surface area contributed by atoms with E-state index in [0.717, 1.165) is 24.2 Å². The van der Waals surface area contributed by atoms with Crippen LogP contribution >= 0.6 is 0 Å². The van der Waals surface area contributed by atoms with Gasteiger partial charge >= 0.3 is 5.97 Å². The predicted molar refractivity (Wildman–Crippen MR) is 134 cm³/mol. The van der Waals surface area contributed by atoms with Crippen LogP contribution < -0.4 is 5.32 Å². The predicted octanol–water partition coefficient (Wildman–Crippen LogP) is 0.617. The molecule has 1 fully saturated rings. The summed E-state index contributed by atoms with van der Waals surface area (Å²) < 4.78 is 22.4. The average Bonchev–Trinajstić information content (AvgIpc) is 3.33. The van der Waals surface area contributed by atoms with E-state index in [1.54, 1.807) is 0 Å². The molecule has 2 aromatic rings. The largest absolute Gasteiger partial charge is 0.472 e. The highest BCUT2D eigenvalue weighted by Crippen LogP contribution is 2.42. The maximum Gasteiger partial charge on any atom is 0.337 e. The number of aliphatic hydroxyl groups excluding tert-OH is 4. The monoisotopic (exact) mass is 532 g/mol. The fourth-order valence-electron chi connectivity index (χ4n) is 6.01. The molecular weight excluding hydrogens is 496 g/mol. The van der Waals surface area contributed by atoms with Crippen molar-refractivity contribution in [1.82, 2.24) is 10.3 Å². The Morgan fingerprint density at radius 1 is 1.13 bits per heavy atom. The van der Waals surface area contributed by atoms with Crippen LogP contribution in [0.3, 0.4) is 0 Å². The summed E-state index contributed by atoms with van der Waals surface area (Å²) in [5.74, 6) is -1.16. The van der Waals surface area contributed by atoms with Crippen LogP contribution in [0.25, 0.3) is 10.9 Å². The molecule has 6 N–H and O–H groups in total. The first-order valence-corrected chi connectivity index (χ1v) is 13.1. The minimum absolute atomic E-state index is 0.0655. The molecule has 11 nitrogen and oxygen atoms in total. The summed E-state index contributed by atoms with van der Waals surface area (Å²) in [6.07, 6.45) is -4.67. The molecule has 11 heteroatoms. The van der Waals surface area contributed by atoms with Gasteiger partial charge in [0.1, 0.15) is 24.4 Å². The SMILES string of the molecule is CC[C@H]1[C@H](O[C@@H]2O[C@H](CO)[C@@H](O)[C@H](O)[C@H]2O)OC=C(C(=O)OC)[C@H]1C[C@@H]1NCCc2c1[nH]c1ccccc21. The highest BCUT2D eigenvalue weighted by molar-refractivity contribution is 5.89. The number of methoxy groups -OCH3 is 1. The quantitative estimate of drug-likeness (QED) is 0.279. The van der Waals surface area contributed by atoms with Crippen molar-refractivity contribution in [2.24, 2.45) is 11.8 Å². The fraction of sp³-hybridized carbons (Fsp3) is 0.593. The Morgan fingerprint density at radius 3 is 2.66 bits per heavy atom. The minimum Gasteiger partial charge on any atom is -0.472 e. The number of carbonyl (C=O) groups excluding carboxylic acids is 1. The van der Waals surface area contributed by atoms with Gasteiger partial charge in [0.2, 0.25) is 6.29 Å². The molecular formula is C27H36N2O9. The zero-order chi connectivity index (χ0) is 27.0. The molecule has 0 unspecified atom stereocenters. The van der Waals surface area contributed by atoms with E-state index in [-0.39, 0.29) is 17.9 Å². The number of H-pyrrole nitrogens is 1. The number of aromatic amines is 1. The molecule has 1 saturated heterocycles. The van der Waals surface area contributed by atoms with E-state index in [1.807, 2.05) is 19.1 Å². The summed E-state index contributed by atoms with van der Waals surface area (Å²) >= 11 is 0. The molecule has 0 amide bonds. The maximum absolute atomic E-state index is 12.8. The lowest BCUT2D eigenvalue weighted by molar-refractivity contribution is -0.342. The highest BCUT2D eigenvalue weighted by atomic mass is 16.8. The van der Waals surface area contributed by atoms with Crippen LogP contribution in [-0.4, -0.2) is 88.6 Å². The van der Waals surface area contributed by atoms with Crippen LogP contribution in [0.2, 0.25) is 0 Å². The first kappa shape index (κ1) is 27.1. The second-order valence-electron chi connectivity index (χ2n) is 10.1. The number of para-hydroxylation sites is 1. The van der Waals surface area contributed by atoms with Gasteiger partial charge in [0.25, 0.3) is 0 Å². The van der Waals surface area contributed by atoms with Gasteiger partial charge in [0, 0.05) is 34.5 Å². The van der Waals surface area contributed by atoms with E-state index in [2.05, 4.69) is 22.4 Å². The third kappa shape index (κ3) is 4.84. The Bertz CT molecular complexity index is 1160. The van der Waals surface area contributed by atoms with Crippen molar-refractivity contribution in [2.45, 2.75) is 69.2 Å². The van der Waals surface area contributed by atoms with Gasteiger partial charge in [-0.2, -0.15) is 0 Å². The average molecular weight is 533 g/mol. The van der Waals surface area contributed by atoms with E-state index < -0.39 is 49.6 Å². The van der Waals surface area contributed by atoms with Gasteiger partial charge in [-0.15, -0.1) is 0 Å². The summed E-state index contributed by atoms with van der Waals surface area (Å²) in [6, 6.07) is 8.12. The number of fused-ring (bicyclic) bond motifs is 3. The molecule has 4 heterocycles. The molecule has 208 valence electrons. The number of ether oxygens (including phenoxy) is 4. The molecule has 0 spiro atoms. The maximum atomic E-state index is 12.8. The van der Waals surface area contributed by atoms with Crippen molar-refractivity contribution < 1.29 is 44.2 Å². The van der Waals surface area contributed by atoms with Gasteiger partial charge in [0.05, 0.1) is 25.6 Å². The van der Waals surface area contributed by atoms with Gasteiger partial charge in [0.15, 0.2) is 6.29 Å². The number of carbonyl (C=O) groups is 1. The molecule has 0 saturated carbocycles. The number of nitrogens with one attached hydrogen (secondary N) is 2. The number of aliphatic hydroxyl groups is 4. The second-order valence-corrected chi connectivity index (χ2v) is 10.1. The van der Waals surface area contributed by atoms with Crippen LogP contribution in [0.15, 0.2) is 36.1 Å². The normalized spacial score (nSPS) is 35.3. The molecule has 5 rings (SSSR count). The summed E-state index contributed by atoms with van der Waals surface area (Å²) in [5.41, 5.74) is 3.81. The van der Waals surface area contributed by atoms with Gasteiger partial charge in [-0.05, 0) is 37.4 Å². The number of benzene rings is 1. The summed E-state index contributed by atoms with van der Waals surface area (Å²) in [4.78, 5) is 16.3. The van der Waals surface area contributed by atoms with Crippen molar-refractivity contribution in [3.8, 4) is 0 Å². The third-order valence-electron chi connectivity index (χ3n) is 8.05. The highest BCUT2D eigenvalue weighted by Gasteiger charge is 2.48. The third-order valence-corrected chi connectivity index (χ3v) is 8.05. The first-order chi connectivity index (χ1) is 18.4. The van der Waals surface area contributed by atoms with Gasteiger partial charge in [-0.25, -0.2) is 4.79 Å². The van der Waals surface area contributed by atoms with Crippen LogP contribution in [0.4, 0.5) is 0 Å². The smallest absolute Gasteiger partial charge is 0.337 e. The molecule has 1 aromatic carbocycles. The molecule has 0 aliphatic carbocycles. The van der Waals surface area contributed by atoms with Crippen molar-refractivity contribution in [1.29, 1.82) is 0 Å². The van der Waals surface area contributed by atoms with E-state index >= 15 is 0 Å². The van der Waals surface area contributed by atoms with Crippen LogP contribution in [-0.2, 0) is 30.2 Å². The van der Waals surface area contributed by atoms with Crippen molar-refractivity contribution in [3.63, 3.8) is 0 Å².